The highest BCUT2D eigenvalue weighted by Crippen LogP contribution is 2.36. The minimum absolute atomic E-state index is 0.164. The molecule has 0 amide bonds. The summed E-state index contributed by atoms with van der Waals surface area (Å²) < 4.78 is 24.8. The zero-order valence-corrected chi connectivity index (χ0v) is 27.5. The standard InChI is InChI=1S/C37H31ClN2O6S/c1-4-45-36(42)31-32(23-11-6-5-7-12-23)39-37-40(33(31)24-17-19-27(43-2)20-18-24)35(41)30(47-37)21-25-14-10-16-29(44-3)34(25)46-22-26-13-8-9-15-28(26)38/h5-21,33H,4,22H2,1-3H3/b30-21-/t33-/m1/s1. The molecule has 0 fully saturated rings. The Hall–Kier alpha value is -5.12. The molecule has 0 unspecified atom stereocenters. The van der Waals surface area contributed by atoms with Crippen LogP contribution in [0.15, 0.2) is 112 Å². The summed E-state index contributed by atoms with van der Waals surface area (Å²) >= 11 is 7.61. The molecule has 1 aliphatic heterocycles. The molecule has 0 radical (unpaired) electrons. The molecule has 0 aliphatic carbocycles. The lowest BCUT2D eigenvalue weighted by Gasteiger charge is -2.26. The summed E-state index contributed by atoms with van der Waals surface area (Å²) in [4.78, 5) is 33.4. The van der Waals surface area contributed by atoms with Gasteiger partial charge in [-0.3, -0.25) is 9.36 Å². The van der Waals surface area contributed by atoms with Crippen molar-refractivity contribution >= 4 is 40.7 Å². The Morgan fingerprint density at radius 3 is 2.38 bits per heavy atom. The number of carbonyl (C=O) groups is 1. The number of nitrogens with zero attached hydrogens (tertiary/aromatic N) is 2. The lowest BCUT2D eigenvalue weighted by atomic mass is 9.93. The summed E-state index contributed by atoms with van der Waals surface area (Å²) in [5.41, 5.74) is 3.28. The van der Waals surface area contributed by atoms with Crippen LogP contribution in [-0.4, -0.2) is 31.4 Å². The number of hydrogen-bond acceptors (Lipinski definition) is 8. The van der Waals surface area contributed by atoms with Crippen LogP contribution in [0, 0.1) is 0 Å². The molecule has 0 saturated carbocycles. The second-order valence-corrected chi connectivity index (χ2v) is 11.9. The van der Waals surface area contributed by atoms with Crippen molar-refractivity contribution in [1.29, 1.82) is 0 Å². The minimum atomic E-state index is -0.810. The fourth-order valence-electron chi connectivity index (χ4n) is 5.41. The smallest absolute Gasteiger partial charge is 0.338 e. The number of carbonyl (C=O) groups excluding carboxylic acids is 1. The first-order valence-corrected chi connectivity index (χ1v) is 16.1. The van der Waals surface area contributed by atoms with E-state index in [1.165, 1.54) is 11.3 Å². The molecular weight excluding hydrogens is 636 g/mol. The largest absolute Gasteiger partial charge is 0.497 e. The SMILES string of the molecule is CCOC(=O)C1=C(c2ccccc2)N=c2s/c(=C\c3cccc(OC)c3OCc3ccccc3Cl)c(=O)n2[C@@H]1c1ccc(OC)cc1. The predicted molar refractivity (Wildman–Crippen MR) is 183 cm³/mol. The number of hydrogen-bond donors (Lipinski definition) is 0. The third-order valence-electron chi connectivity index (χ3n) is 7.65. The van der Waals surface area contributed by atoms with Gasteiger partial charge >= 0.3 is 5.97 Å². The Morgan fingerprint density at radius 1 is 0.936 bits per heavy atom. The fourth-order valence-corrected chi connectivity index (χ4v) is 6.59. The highest BCUT2D eigenvalue weighted by molar-refractivity contribution is 7.07. The van der Waals surface area contributed by atoms with E-state index in [-0.39, 0.29) is 24.3 Å². The molecule has 0 N–H and O–H groups in total. The summed E-state index contributed by atoms with van der Waals surface area (Å²) in [5.74, 6) is 1.07. The van der Waals surface area contributed by atoms with Crippen LogP contribution < -0.4 is 29.1 Å². The summed E-state index contributed by atoms with van der Waals surface area (Å²) in [6.07, 6.45) is 1.76. The Balaban J connectivity index is 1.55. The van der Waals surface area contributed by atoms with Crippen LogP contribution in [0.2, 0.25) is 5.02 Å². The van der Waals surface area contributed by atoms with E-state index >= 15 is 0 Å². The number of ether oxygens (including phenoxy) is 4. The highest BCUT2D eigenvalue weighted by atomic mass is 35.5. The van der Waals surface area contributed by atoms with E-state index in [4.69, 9.17) is 35.5 Å². The van der Waals surface area contributed by atoms with Crippen LogP contribution in [0.3, 0.4) is 0 Å². The van der Waals surface area contributed by atoms with Crippen LogP contribution in [0.25, 0.3) is 11.8 Å². The Bertz CT molecular complexity index is 2140. The number of aromatic nitrogens is 1. The van der Waals surface area contributed by atoms with Crippen molar-refractivity contribution in [1.82, 2.24) is 4.57 Å². The second-order valence-electron chi connectivity index (χ2n) is 10.5. The van der Waals surface area contributed by atoms with Gasteiger partial charge in [-0.1, -0.05) is 95.7 Å². The average molecular weight is 667 g/mol. The van der Waals surface area contributed by atoms with Gasteiger partial charge in [-0.15, -0.1) is 0 Å². The van der Waals surface area contributed by atoms with Gasteiger partial charge in [0.1, 0.15) is 12.4 Å². The first-order valence-electron chi connectivity index (χ1n) is 14.9. The van der Waals surface area contributed by atoms with Crippen molar-refractivity contribution in [2.45, 2.75) is 19.6 Å². The van der Waals surface area contributed by atoms with E-state index < -0.39 is 12.0 Å². The molecule has 5 aromatic rings. The number of rotatable bonds is 10. The third-order valence-corrected chi connectivity index (χ3v) is 9.00. The molecule has 4 aromatic carbocycles. The van der Waals surface area contributed by atoms with Crippen molar-refractivity contribution < 1.29 is 23.7 Å². The van der Waals surface area contributed by atoms with Gasteiger partial charge in [0.15, 0.2) is 16.3 Å². The minimum Gasteiger partial charge on any atom is -0.497 e. The molecule has 1 atom stereocenters. The zero-order chi connectivity index (χ0) is 32.9. The first-order chi connectivity index (χ1) is 22.9. The van der Waals surface area contributed by atoms with E-state index in [1.807, 2.05) is 72.8 Å². The van der Waals surface area contributed by atoms with Crippen molar-refractivity contribution in [3.63, 3.8) is 0 Å². The lowest BCUT2D eigenvalue weighted by molar-refractivity contribution is -0.138. The molecule has 2 heterocycles. The van der Waals surface area contributed by atoms with Crippen molar-refractivity contribution in [2.75, 3.05) is 20.8 Å². The maximum absolute atomic E-state index is 14.4. The fraction of sp³-hybridized carbons (Fsp3) is 0.162. The Kier molecular flexibility index (Phi) is 9.56. The number of esters is 1. The molecule has 1 aliphatic rings. The Labute approximate surface area is 280 Å². The summed E-state index contributed by atoms with van der Waals surface area (Å²) in [5, 5.41) is 0.586. The number of methoxy groups -OCH3 is 2. The second kappa shape index (κ2) is 14.1. The first kappa shape index (κ1) is 31.8. The van der Waals surface area contributed by atoms with Gasteiger partial charge in [0.25, 0.3) is 5.56 Å². The summed E-state index contributed by atoms with van der Waals surface area (Å²) in [6, 6.07) is 28.8. The lowest BCUT2D eigenvalue weighted by Crippen LogP contribution is -2.40. The molecule has 1 aromatic heterocycles. The number of benzene rings is 4. The highest BCUT2D eigenvalue weighted by Gasteiger charge is 2.35. The predicted octanol–water partition coefficient (Wildman–Crippen LogP) is 6.19. The van der Waals surface area contributed by atoms with E-state index in [1.54, 1.807) is 56.1 Å². The maximum Gasteiger partial charge on any atom is 0.338 e. The summed E-state index contributed by atoms with van der Waals surface area (Å²) in [6.45, 7) is 2.11. The molecule has 238 valence electrons. The molecule has 0 bridgehead atoms. The molecule has 0 spiro atoms. The van der Waals surface area contributed by atoms with Gasteiger partial charge in [0.05, 0.1) is 42.7 Å². The monoisotopic (exact) mass is 666 g/mol. The molecule has 10 heteroatoms. The topological polar surface area (TPSA) is 88.4 Å². The molecular formula is C37H31ClN2O6S. The number of thiazole rings is 1. The van der Waals surface area contributed by atoms with Gasteiger partial charge in [0, 0.05) is 21.7 Å². The maximum atomic E-state index is 14.4. The average Bonchev–Trinajstić information content (AvgIpc) is 3.41. The number of para-hydroxylation sites is 1. The van der Waals surface area contributed by atoms with Gasteiger partial charge < -0.3 is 18.9 Å². The molecule has 0 saturated heterocycles. The third kappa shape index (κ3) is 6.45. The molecule has 47 heavy (non-hydrogen) atoms. The van der Waals surface area contributed by atoms with Gasteiger partial charge in [0.2, 0.25) is 0 Å². The van der Waals surface area contributed by atoms with E-state index in [0.29, 0.717) is 48.4 Å². The van der Waals surface area contributed by atoms with Crippen LogP contribution >= 0.6 is 22.9 Å². The van der Waals surface area contributed by atoms with E-state index in [0.717, 1.165) is 11.1 Å². The van der Waals surface area contributed by atoms with Crippen LogP contribution in [0.1, 0.15) is 35.2 Å². The quantitative estimate of drug-likeness (QED) is 0.165. The normalized spacial score (nSPS) is 14.3. The van der Waals surface area contributed by atoms with Crippen LogP contribution in [0.4, 0.5) is 0 Å². The van der Waals surface area contributed by atoms with Gasteiger partial charge in [-0.2, -0.15) is 0 Å². The van der Waals surface area contributed by atoms with Gasteiger partial charge in [-0.25, -0.2) is 9.79 Å². The molecule has 6 rings (SSSR count). The van der Waals surface area contributed by atoms with Crippen molar-refractivity contribution in [3.8, 4) is 17.2 Å². The molecule has 8 nitrogen and oxygen atoms in total. The van der Waals surface area contributed by atoms with Crippen molar-refractivity contribution in [2.24, 2.45) is 4.99 Å². The summed E-state index contributed by atoms with van der Waals surface area (Å²) in [7, 11) is 3.15. The van der Waals surface area contributed by atoms with Gasteiger partial charge in [-0.05, 0) is 42.8 Å². The van der Waals surface area contributed by atoms with Crippen molar-refractivity contribution in [3.05, 3.63) is 150 Å². The van der Waals surface area contributed by atoms with E-state index in [2.05, 4.69) is 0 Å². The number of fused-ring (bicyclic) bond motifs is 1. The van der Waals surface area contributed by atoms with Crippen LogP contribution in [0.5, 0.6) is 17.2 Å². The zero-order valence-electron chi connectivity index (χ0n) is 25.9. The van der Waals surface area contributed by atoms with Crippen LogP contribution in [-0.2, 0) is 16.1 Å². The number of halogens is 1. The van der Waals surface area contributed by atoms with E-state index in [9.17, 15) is 9.59 Å². The Morgan fingerprint density at radius 2 is 1.68 bits per heavy atom.